The van der Waals surface area contributed by atoms with E-state index in [0.717, 1.165) is 12.8 Å². The lowest BCUT2D eigenvalue weighted by Crippen LogP contribution is -2.44. The van der Waals surface area contributed by atoms with E-state index in [1.165, 1.54) is 0 Å². The summed E-state index contributed by atoms with van der Waals surface area (Å²) in [5, 5.41) is 3.80. The van der Waals surface area contributed by atoms with E-state index < -0.39 is 6.10 Å². The Hall–Kier alpha value is -1.03. The Labute approximate surface area is 121 Å². The highest BCUT2D eigenvalue weighted by molar-refractivity contribution is 6.35. The van der Waals surface area contributed by atoms with Gasteiger partial charge in [0, 0.05) is 21.7 Å². The van der Waals surface area contributed by atoms with Crippen LogP contribution < -0.4 is 5.32 Å². The standard InChI is InChI=1S/C14H13Cl2NO2/c15-9-5-10(16)7-11(6-9)17-14(18)13-8-1-3-12(19-13)4-2-8/h1,3,5-8,12-13H,2,4H2,(H,17,18). The maximum atomic E-state index is 12.2. The number of ether oxygens (including phenoxy) is 1. The third-order valence-electron chi connectivity index (χ3n) is 3.46. The summed E-state index contributed by atoms with van der Waals surface area (Å²) >= 11 is 11.8. The summed E-state index contributed by atoms with van der Waals surface area (Å²) in [5.41, 5.74) is 0.594. The predicted molar refractivity (Wildman–Crippen MR) is 75.6 cm³/mol. The van der Waals surface area contributed by atoms with Crippen LogP contribution in [0.3, 0.4) is 0 Å². The molecule has 3 nitrogen and oxygen atoms in total. The summed E-state index contributed by atoms with van der Waals surface area (Å²) in [7, 11) is 0. The maximum Gasteiger partial charge on any atom is 0.254 e. The van der Waals surface area contributed by atoms with Crippen molar-refractivity contribution in [1.29, 1.82) is 0 Å². The van der Waals surface area contributed by atoms with Crippen LogP contribution in [0.25, 0.3) is 0 Å². The summed E-state index contributed by atoms with van der Waals surface area (Å²) in [4.78, 5) is 12.2. The van der Waals surface area contributed by atoms with Crippen molar-refractivity contribution in [2.45, 2.75) is 25.0 Å². The molecule has 2 heterocycles. The number of halogens is 2. The van der Waals surface area contributed by atoms with E-state index in [9.17, 15) is 4.79 Å². The quantitative estimate of drug-likeness (QED) is 0.846. The Kier molecular flexibility index (Phi) is 3.52. The topological polar surface area (TPSA) is 38.3 Å². The predicted octanol–water partition coefficient (Wildman–Crippen LogP) is 3.67. The van der Waals surface area contributed by atoms with Crippen molar-refractivity contribution in [3.63, 3.8) is 0 Å². The molecule has 1 fully saturated rings. The molecule has 100 valence electrons. The summed E-state index contributed by atoms with van der Waals surface area (Å²) in [6.45, 7) is 0. The normalized spacial score (nSPS) is 28.4. The van der Waals surface area contributed by atoms with Crippen molar-refractivity contribution in [1.82, 2.24) is 0 Å². The molecule has 3 atom stereocenters. The molecule has 1 aromatic rings. The van der Waals surface area contributed by atoms with Crippen LogP contribution in [0.2, 0.25) is 10.0 Å². The zero-order chi connectivity index (χ0) is 13.4. The molecule has 1 aromatic carbocycles. The van der Waals surface area contributed by atoms with Crippen molar-refractivity contribution < 1.29 is 9.53 Å². The Balaban J connectivity index is 1.73. The summed E-state index contributed by atoms with van der Waals surface area (Å²) < 4.78 is 5.72. The van der Waals surface area contributed by atoms with E-state index in [4.69, 9.17) is 27.9 Å². The average Bonchev–Trinajstić information content (AvgIpc) is 2.38. The largest absolute Gasteiger partial charge is 0.360 e. The molecule has 0 saturated carbocycles. The summed E-state index contributed by atoms with van der Waals surface area (Å²) in [6, 6.07) is 4.96. The summed E-state index contributed by atoms with van der Waals surface area (Å²) in [6.07, 6.45) is 5.76. The van der Waals surface area contributed by atoms with Crippen molar-refractivity contribution in [2.75, 3.05) is 5.32 Å². The van der Waals surface area contributed by atoms with Crippen LogP contribution >= 0.6 is 23.2 Å². The smallest absolute Gasteiger partial charge is 0.254 e. The van der Waals surface area contributed by atoms with Gasteiger partial charge in [-0.2, -0.15) is 0 Å². The van der Waals surface area contributed by atoms with E-state index in [1.54, 1.807) is 18.2 Å². The van der Waals surface area contributed by atoms with Gasteiger partial charge in [0.25, 0.3) is 5.91 Å². The number of carbonyl (C=O) groups excluding carboxylic acids is 1. The maximum absolute atomic E-state index is 12.2. The van der Waals surface area contributed by atoms with E-state index in [0.29, 0.717) is 15.7 Å². The number of hydrogen-bond acceptors (Lipinski definition) is 2. The molecule has 2 bridgehead atoms. The Morgan fingerprint density at radius 3 is 2.42 bits per heavy atom. The first kappa shape index (κ1) is 13.0. The highest BCUT2D eigenvalue weighted by Crippen LogP contribution is 2.33. The number of amides is 1. The van der Waals surface area contributed by atoms with Gasteiger partial charge < -0.3 is 10.1 Å². The number of anilines is 1. The molecular formula is C14H13Cl2NO2. The number of nitrogens with one attached hydrogen (secondary N) is 1. The molecular weight excluding hydrogens is 285 g/mol. The Morgan fingerprint density at radius 2 is 1.89 bits per heavy atom. The third kappa shape index (κ3) is 2.78. The fourth-order valence-corrected chi connectivity index (χ4v) is 3.09. The van der Waals surface area contributed by atoms with Crippen molar-refractivity contribution in [3.8, 4) is 0 Å². The summed E-state index contributed by atoms with van der Waals surface area (Å²) in [5.74, 6) is 0.0250. The highest BCUT2D eigenvalue weighted by Gasteiger charge is 2.37. The van der Waals surface area contributed by atoms with Gasteiger partial charge in [-0.25, -0.2) is 0 Å². The minimum absolute atomic E-state index is 0.0729. The lowest BCUT2D eigenvalue weighted by Gasteiger charge is -2.37. The second-order valence-electron chi connectivity index (χ2n) is 4.87. The Bertz CT molecular complexity index is 524. The third-order valence-corrected chi connectivity index (χ3v) is 3.89. The van der Waals surface area contributed by atoms with Gasteiger partial charge in [-0.15, -0.1) is 0 Å². The van der Waals surface area contributed by atoms with Crippen LogP contribution in [0.15, 0.2) is 30.4 Å². The first-order valence-corrected chi connectivity index (χ1v) is 6.98. The zero-order valence-electron chi connectivity index (χ0n) is 10.1. The monoisotopic (exact) mass is 297 g/mol. The van der Waals surface area contributed by atoms with Gasteiger partial charge in [0.2, 0.25) is 0 Å². The van der Waals surface area contributed by atoms with Crippen molar-refractivity contribution >= 4 is 34.8 Å². The van der Waals surface area contributed by atoms with E-state index in [-0.39, 0.29) is 17.9 Å². The average molecular weight is 298 g/mol. The molecule has 4 rings (SSSR count). The van der Waals surface area contributed by atoms with Crippen molar-refractivity contribution in [3.05, 3.63) is 40.4 Å². The first-order valence-electron chi connectivity index (χ1n) is 6.22. The van der Waals surface area contributed by atoms with E-state index in [2.05, 4.69) is 11.4 Å². The SMILES string of the molecule is O=C(Nc1cc(Cl)cc(Cl)c1)C1OC2C=CC1CC2. The fraction of sp³-hybridized carbons (Fsp3) is 0.357. The minimum atomic E-state index is -0.415. The molecule has 0 aromatic heterocycles. The minimum Gasteiger partial charge on any atom is -0.360 e. The van der Waals surface area contributed by atoms with Gasteiger partial charge in [0.15, 0.2) is 0 Å². The van der Waals surface area contributed by atoms with Gasteiger partial charge in [-0.05, 0) is 31.0 Å². The molecule has 1 aliphatic carbocycles. The number of fused-ring (bicyclic) bond motifs is 2. The molecule has 1 amide bonds. The van der Waals surface area contributed by atoms with Gasteiger partial charge in [0.05, 0.1) is 6.10 Å². The first-order chi connectivity index (χ1) is 9.11. The molecule has 3 unspecified atom stereocenters. The number of benzene rings is 1. The number of carbonyl (C=O) groups is 1. The molecule has 1 saturated heterocycles. The van der Waals surface area contributed by atoms with Crippen LogP contribution in [-0.4, -0.2) is 18.1 Å². The van der Waals surface area contributed by atoms with E-state index >= 15 is 0 Å². The molecule has 1 N–H and O–H groups in total. The van der Waals surface area contributed by atoms with Crippen molar-refractivity contribution in [2.24, 2.45) is 5.92 Å². The molecule has 5 heteroatoms. The second kappa shape index (κ2) is 5.16. The van der Waals surface area contributed by atoms with Crippen LogP contribution in [0.5, 0.6) is 0 Å². The molecule has 19 heavy (non-hydrogen) atoms. The fourth-order valence-electron chi connectivity index (χ4n) is 2.57. The van der Waals surface area contributed by atoms with Gasteiger partial charge in [-0.3, -0.25) is 4.79 Å². The lowest BCUT2D eigenvalue weighted by molar-refractivity contribution is -0.139. The van der Waals surface area contributed by atoms with Crippen LogP contribution in [0, 0.1) is 5.92 Å². The van der Waals surface area contributed by atoms with Gasteiger partial charge in [0.1, 0.15) is 6.10 Å². The van der Waals surface area contributed by atoms with Crippen LogP contribution in [0.4, 0.5) is 5.69 Å². The molecule has 3 aliphatic rings. The lowest BCUT2D eigenvalue weighted by atomic mass is 9.85. The molecule has 0 radical (unpaired) electrons. The molecule has 2 aliphatic heterocycles. The van der Waals surface area contributed by atoms with Crippen LogP contribution in [-0.2, 0) is 9.53 Å². The number of hydrogen-bond donors (Lipinski definition) is 1. The van der Waals surface area contributed by atoms with Gasteiger partial charge in [-0.1, -0.05) is 35.4 Å². The second-order valence-corrected chi connectivity index (χ2v) is 5.74. The molecule has 0 spiro atoms. The zero-order valence-corrected chi connectivity index (χ0v) is 11.6. The number of rotatable bonds is 2. The van der Waals surface area contributed by atoms with Gasteiger partial charge >= 0.3 is 0 Å². The highest BCUT2D eigenvalue weighted by atomic mass is 35.5. The Morgan fingerprint density at radius 1 is 1.16 bits per heavy atom. The van der Waals surface area contributed by atoms with Crippen LogP contribution in [0.1, 0.15) is 12.8 Å². The van der Waals surface area contributed by atoms with E-state index in [1.807, 2.05) is 6.08 Å².